The summed E-state index contributed by atoms with van der Waals surface area (Å²) in [5, 5.41) is 10.3. The molecule has 8 heteroatoms. The van der Waals surface area contributed by atoms with Gasteiger partial charge in [0.05, 0.1) is 16.6 Å². The molecule has 0 aliphatic carbocycles. The van der Waals surface area contributed by atoms with Crippen LogP contribution in [-0.4, -0.2) is 70.9 Å². The maximum atomic E-state index is 11.8. The number of rotatable bonds is 5. The number of amides is 1. The zero-order chi connectivity index (χ0) is 24.6. The molecule has 0 radical (unpaired) electrons. The van der Waals surface area contributed by atoms with Crippen LogP contribution in [0.2, 0.25) is 0 Å². The number of imidazole rings is 1. The maximum Gasteiger partial charge on any atom is 0.220 e. The Labute approximate surface area is 212 Å². The third-order valence-electron chi connectivity index (χ3n) is 8.48. The van der Waals surface area contributed by atoms with Crippen LogP contribution in [0.15, 0.2) is 24.3 Å². The van der Waals surface area contributed by atoms with Crippen LogP contribution in [0.25, 0.3) is 16.7 Å². The van der Waals surface area contributed by atoms with Crippen LogP contribution < -0.4 is 10.6 Å². The van der Waals surface area contributed by atoms with Crippen molar-refractivity contribution in [2.24, 2.45) is 11.7 Å². The normalized spacial score (nSPS) is 20.0. The number of carbonyl (C=O) groups is 1. The van der Waals surface area contributed by atoms with Gasteiger partial charge in [-0.25, -0.2) is 4.98 Å². The topological polar surface area (TPSA) is 93.9 Å². The lowest BCUT2D eigenvalue weighted by atomic mass is 9.93. The monoisotopic (exact) mass is 485 g/mol. The number of fused-ring (bicyclic) bond motifs is 4. The van der Waals surface area contributed by atoms with E-state index in [0.29, 0.717) is 5.56 Å². The van der Waals surface area contributed by atoms with Gasteiger partial charge in [-0.1, -0.05) is 18.6 Å². The van der Waals surface area contributed by atoms with Gasteiger partial charge in [0.25, 0.3) is 0 Å². The summed E-state index contributed by atoms with van der Waals surface area (Å²) in [7, 11) is 0. The zero-order valence-corrected chi connectivity index (χ0v) is 21.0. The predicted molar refractivity (Wildman–Crippen MR) is 141 cm³/mol. The minimum atomic E-state index is -0.196. The third kappa shape index (κ3) is 4.10. The summed E-state index contributed by atoms with van der Waals surface area (Å²) in [5.41, 5.74) is 11.5. The summed E-state index contributed by atoms with van der Waals surface area (Å²) >= 11 is 0. The van der Waals surface area contributed by atoms with E-state index in [9.17, 15) is 10.1 Å². The number of hydrogen-bond acceptors (Lipinski definition) is 6. The molecule has 1 amide bonds. The highest BCUT2D eigenvalue weighted by Crippen LogP contribution is 2.38. The van der Waals surface area contributed by atoms with E-state index in [4.69, 9.17) is 10.7 Å². The summed E-state index contributed by atoms with van der Waals surface area (Å²) < 4.78 is 2.21. The Bertz CT molecular complexity index is 1330. The van der Waals surface area contributed by atoms with Crippen molar-refractivity contribution < 1.29 is 4.79 Å². The van der Waals surface area contributed by atoms with E-state index in [2.05, 4.69) is 31.2 Å². The molecule has 2 fully saturated rings. The SMILES string of the molecule is N#Cc1c2c(c(N3CCC(C(N)=O)CC3)n3c1nc1ccccc13)CN(CCN1CCCCC1)CC2. The van der Waals surface area contributed by atoms with Gasteiger partial charge in [0.1, 0.15) is 11.9 Å². The van der Waals surface area contributed by atoms with Gasteiger partial charge in [0.2, 0.25) is 5.91 Å². The Morgan fingerprint density at radius 1 is 1.00 bits per heavy atom. The summed E-state index contributed by atoms with van der Waals surface area (Å²) in [5.74, 6) is 0.892. The number of anilines is 1. The number of piperidine rings is 2. The molecule has 3 aromatic rings. The highest BCUT2D eigenvalue weighted by Gasteiger charge is 2.32. The van der Waals surface area contributed by atoms with Crippen molar-refractivity contribution in [3.05, 3.63) is 41.0 Å². The summed E-state index contributed by atoms with van der Waals surface area (Å²) in [6.07, 6.45) is 6.36. The minimum absolute atomic E-state index is 0.0634. The Morgan fingerprint density at radius 3 is 2.50 bits per heavy atom. The molecule has 3 aliphatic rings. The number of benzene rings is 1. The first-order valence-electron chi connectivity index (χ1n) is 13.5. The van der Waals surface area contributed by atoms with E-state index in [1.165, 1.54) is 37.9 Å². The number of nitrogens with two attached hydrogens (primary N) is 1. The number of primary amides is 1. The lowest BCUT2D eigenvalue weighted by molar-refractivity contribution is -0.122. The average Bonchev–Trinajstić information content (AvgIpc) is 3.30. The fraction of sp³-hybridized carbons (Fsp3) is 0.536. The van der Waals surface area contributed by atoms with Crippen LogP contribution in [0.5, 0.6) is 0 Å². The van der Waals surface area contributed by atoms with Gasteiger partial charge in [-0.05, 0) is 62.9 Å². The van der Waals surface area contributed by atoms with Crippen LogP contribution in [0.3, 0.4) is 0 Å². The molecule has 1 aromatic carbocycles. The molecule has 0 unspecified atom stereocenters. The number of aromatic nitrogens is 2. The zero-order valence-electron chi connectivity index (χ0n) is 21.0. The minimum Gasteiger partial charge on any atom is -0.369 e. The summed E-state index contributed by atoms with van der Waals surface area (Å²) in [6, 6.07) is 10.7. The average molecular weight is 486 g/mol. The number of carbonyl (C=O) groups excluding carboxylic acids is 1. The van der Waals surface area contributed by atoms with Gasteiger partial charge in [-0.2, -0.15) is 5.26 Å². The highest BCUT2D eigenvalue weighted by molar-refractivity contribution is 5.86. The smallest absolute Gasteiger partial charge is 0.220 e. The number of nitrogens with zero attached hydrogens (tertiary/aromatic N) is 6. The molecule has 2 saturated heterocycles. The molecule has 3 aliphatic heterocycles. The van der Waals surface area contributed by atoms with Crippen molar-refractivity contribution in [1.29, 1.82) is 5.26 Å². The quantitative estimate of drug-likeness (QED) is 0.597. The lowest BCUT2D eigenvalue weighted by Crippen LogP contribution is -2.42. The Morgan fingerprint density at radius 2 is 1.75 bits per heavy atom. The fourth-order valence-electron chi connectivity index (χ4n) is 6.46. The van der Waals surface area contributed by atoms with Gasteiger partial charge in [-0.15, -0.1) is 0 Å². The van der Waals surface area contributed by atoms with Crippen LogP contribution in [0.1, 0.15) is 48.8 Å². The number of pyridine rings is 1. The van der Waals surface area contributed by atoms with Crippen molar-refractivity contribution >= 4 is 28.4 Å². The second-order valence-electron chi connectivity index (χ2n) is 10.6. The van der Waals surface area contributed by atoms with E-state index in [1.54, 1.807) is 0 Å². The Hall–Kier alpha value is -3.15. The van der Waals surface area contributed by atoms with Crippen LogP contribution in [0, 0.1) is 17.2 Å². The van der Waals surface area contributed by atoms with E-state index < -0.39 is 0 Å². The molecule has 36 heavy (non-hydrogen) atoms. The van der Waals surface area contributed by atoms with Gasteiger partial charge in [0.15, 0.2) is 5.65 Å². The third-order valence-corrected chi connectivity index (χ3v) is 8.48. The number of para-hydroxylation sites is 2. The van der Waals surface area contributed by atoms with Gasteiger partial charge < -0.3 is 15.5 Å². The van der Waals surface area contributed by atoms with E-state index in [-0.39, 0.29) is 11.8 Å². The fourth-order valence-corrected chi connectivity index (χ4v) is 6.46. The maximum absolute atomic E-state index is 11.8. The predicted octanol–water partition coefficient (Wildman–Crippen LogP) is 2.90. The molecule has 2 N–H and O–H groups in total. The lowest BCUT2D eigenvalue weighted by Gasteiger charge is -2.38. The van der Waals surface area contributed by atoms with Crippen molar-refractivity contribution in [3.63, 3.8) is 0 Å². The molecule has 5 heterocycles. The van der Waals surface area contributed by atoms with E-state index in [1.807, 2.05) is 18.2 Å². The molecular formula is C28H35N7O. The van der Waals surface area contributed by atoms with Crippen molar-refractivity contribution in [2.75, 3.05) is 50.7 Å². The first-order valence-corrected chi connectivity index (χ1v) is 13.5. The molecule has 0 atom stereocenters. The molecular weight excluding hydrogens is 450 g/mol. The first kappa shape index (κ1) is 23.3. The van der Waals surface area contributed by atoms with Gasteiger partial charge >= 0.3 is 0 Å². The standard InChI is InChI=1S/C28H35N7O/c29-18-22-21-10-13-33(17-16-32-11-4-1-5-12-32)19-23(21)28(34-14-8-20(9-15-34)26(30)36)35-25-7-3-2-6-24(25)31-27(22)35/h2-3,6-7,20H,1,4-5,8-17,19H2,(H2,30,36). The number of nitriles is 1. The molecule has 2 aromatic heterocycles. The van der Waals surface area contributed by atoms with Crippen molar-refractivity contribution in [1.82, 2.24) is 19.2 Å². The number of likely N-dealkylation sites (tertiary alicyclic amines) is 1. The van der Waals surface area contributed by atoms with Crippen molar-refractivity contribution in [3.8, 4) is 6.07 Å². The molecule has 188 valence electrons. The Balaban J connectivity index is 1.42. The van der Waals surface area contributed by atoms with Crippen LogP contribution >= 0.6 is 0 Å². The molecule has 0 bridgehead atoms. The summed E-state index contributed by atoms with van der Waals surface area (Å²) in [6.45, 7) is 7.95. The molecule has 0 spiro atoms. The molecule has 6 rings (SSSR count). The van der Waals surface area contributed by atoms with Crippen LogP contribution in [-0.2, 0) is 17.8 Å². The van der Waals surface area contributed by atoms with Crippen LogP contribution in [0.4, 0.5) is 5.82 Å². The highest BCUT2D eigenvalue weighted by atomic mass is 16.1. The van der Waals surface area contributed by atoms with E-state index in [0.717, 1.165) is 86.6 Å². The second kappa shape index (κ2) is 9.72. The number of hydrogen-bond donors (Lipinski definition) is 1. The van der Waals surface area contributed by atoms with Crippen molar-refractivity contribution in [2.45, 2.75) is 45.1 Å². The van der Waals surface area contributed by atoms with E-state index >= 15 is 0 Å². The largest absolute Gasteiger partial charge is 0.369 e. The first-order chi connectivity index (χ1) is 17.6. The molecule has 0 saturated carbocycles. The second-order valence-corrected chi connectivity index (χ2v) is 10.6. The van der Waals surface area contributed by atoms with Gasteiger partial charge in [-0.3, -0.25) is 14.1 Å². The van der Waals surface area contributed by atoms with Gasteiger partial charge in [0, 0.05) is 50.7 Å². The molecule has 8 nitrogen and oxygen atoms in total. The Kier molecular flexibility index (Phi) is 6.28. The summed E-state index contributed by atoms with van der Waals surface area (Å²) in [4.78, 5) is 24.3.